The van der Waals surface area contributed by atoms with Crippen molar-refractivity contribution in [1.82, 2.24) is 16.2 Å². The lowest BCUT2D eigenvalue weighted by Gasteiger charge is -2.12. The van der Waals surface area contributed by atoms with Gasteiger partial charge in [0.25, 0.3) is 11.8 Å². The van der Waals surface area contributed by atoms with Crippen molar-refractivity contribution in [2.24, 2.45) is 0 Å². The number of carbonyl (C=O) groups is 3. The first-order valence-corrected chi connectivity index (χ1v) is 10.0. The van der Waals surface area contributed by atoms with Gasteiger partial charge in [0.2, 0.25) is 0 Å². The topological polar surface area (TPSA) is 106 Å². The molecule has 8 nitrogen and oxygen atoms in total. The fourth-order valence-electron chi connectivity index (χ4n) is 2.27. The van der Waals surface area contributed by atoms with Gasteiger partial charge in [-0.1, -0.05) is 13.0 Å². The highest BCUT2D eigenvalue weighted by Gasteiger charge is 2.11. The van der Waals surface area contributed by atoms with Gasteiger partial charge >= 0.3 is 5.97 Å². The van der Waals surface area contributed by atoms with E-state index in [0.717, 1.165) is 16.5 Å². The molecule has 158 valence electrons. The van der Waals surface area contributed by atoms with E-state index in [1.807, 2.05) is 19.1 Å². The summed E-state index contributed by atoms with van der Waals surface area (Å²) in [7, 11) is 1.27. The van der Waals surface area contributed by atoms with Crippen LogP contribution in [0.2, 0.25) is 0 Å². The van der Waals surface area contributed by atoms with Crippen LogP contribution in [0.15, 0.2) is 46.9 Å². The van der Waals surface area contributed by atoms with Crippen molar-refractivity contribution in [3.63, 3.8) is 0 Å². The highest BCUT2D eigenvalue weighted by atomic mass is 79.9. The predicted octanol–water partition coefficient (Wildman–Crippen LogP) is 2.51. The summed E-state index contributed by atoms with van der Waals surface area (Å²) in [6.45, 7) is 1.79. The Bertz CT molecular complexity index is 950. The zero-order chi connectivity index (χ0) is 22.1. The Morgan fingerprint density at radius 1 is 1.03 bits per heavy atom. The molecule has 0 atom stereocenters. The van der Waals surface area contributed by atoms with Crippen LogP contribution in [0.25, 0.3) is 0 Å². The van der Waals surface area contributed by atoms with Crippen LogP contribution in [0.4, 0.5) is 0 Å². The zero-order valence-corrected chi connectivity index (χ0v) is 18.7. The average molecular weight is 494 g/mol. The first-order chi connectivity index (χ1) is 14.3. The number of hydrogen-bond acceptors (Lipinski definition) is 6. The molecule has 10 heteroatoms. The SMILES string of the molecule is CCc1ccc(OCC(=O)NNC(=S)NC(=O)c2ccc(C(=O)OC)cc2)c(Br)c1. The van der Waals surface area contributed by atoms with E-state index >= 15 is 0 Å². The Balaban J connectivity index is 1.77. The summed E-state index contributed by atoms with van der Waals surface area (Å²) in [4.78, 5) is 35.5. The lowest BCUT2D eigenvalue weighted by Crippen LogP contribution is -2.49. The summed E-state index contributed by atoms with van der Waals surface area (Å²) in [5, 5.41) is 2.31. The number of hydrazine groups is 1. The van der Waals surface area contributed by atoms with Gasteiger partial charge in [-0.3, -0.25) is 25.8 Å². The van der Waals surface area contributed by atoms with Crippen molar-refractivity contribution in [3.8, 4) is 5.75 Å². The van der Waals surface area contributed by atoms with Crippen LogP contribution in [-0.2, 0) is 16.0 Å². The van der Waals surface area contributed by atoms with Crippen LogP contribution < -0.4 is 20.9 Å². The van der Waals surface area contributed by atoms with Gasteiger partial charge in [-0.15, -0.1) is 0 Å². The van der Waals surface area contributed by atoms with Crippen LogP contribution in [-0.4, -0.2) is 36.6 Å². The van der Waals surface area contributed by atoms with Gasteiger partial charge in [-0.25, -0.2) is 4.79 Å². The number of methoxy groups -OCH3 is 1. The van der Waals surface area contributed by atoms with Crippen LogP contribution >= 0.6 is 28.1 Å². The summed E-state index contributed by atoms with van der Waals surface area (Å²) in [6, 6.07) is 11.5. The number of nitrogens with one attached hydrogen (secondary N) is 3. The standard InChI is InChI=1S/C20H20BrN3O5S/c1-3-12-4-9-16(15(21)10-12)29-11-17(25)23-24-20(30)22-18(26)13-5-7-14(8-6-13)19(27)28-2/h4-10H,3,11H2,1-2H3,(H,23,25)(H2,22,24,26,30). The number of halogens is 1. The maximum atomic E-state index is 12.2. The fraction of sp³-hybridized carbons (Fsp3) is 0.200. The van der Waals surface area contributed by atoms with E-state index in [4.69, 9.17) is 17.0 Å². The van der Waals surface area contributed by atoms with Crippen molar-refractivity contribution in [2.45, 2.75) is 13.3 Å². The minimum atomic E-state index is -0.505. The van der Waals surface area contributed by atoms with Gasteiger partial charge in [-0.05, 0) is 76.5 Å². The van der Waals surface area contributed by atoms with Gasteiger partial charge in [0.05, 0.1) is 17.1 Å². The maximum absolute atomic E-state index is 12.2. The smallest absolute Gasteiger partial charge is 0.337 e. The van der Waals surface area contributed by atoms with Crippen LogP contribution in [0.5, 0.6) is 5.75 Å². The Kier molecular flexibility index (Phi) is 8.75. The summed E-state index contributed by atoms with van der Waals surface area (Å²) < 4.78 is 10.8. The second-order valence-electron chi connectivity index (χ2n) is 5.93. The number of aryl methyl sites for hydroxylation is 1. The summed E-state index contributed by atoms with van der Waals surface area (Å²) >= 11 is 8.38. The number of benzene rings is 2. The Labute approximate surface area is 187 Å². The van der Waals surface area contributed by atoms with E-state index in [1.165, 1.54) is 31.4 Å². The second-order valence-corrected chi connectivity index (χ2v) is 7.19. The molecular weight excluding hydrogens is 474 g/mol. The largest absolute Gasteiger partial charge is 0.483 e. The van der Waals surface area contributed by atoms with Crippen molar-refractivity contribution in [3.05, 3.63) is 63.6 Å². The molecular formula is C20H20BrN3O5S. The molecule has 0 spiro atoms. The number of carbonyl (C=O) groups excluding carboxylic acids is 3. The molecule has 0 aliphatic heterocycles. The molecule has 0 saturated carbocycles. The number of thiocarbonyl (C=S) groups is 1. The lowest BCUT2D eigenvalue weighted by atomic mass is 10.1. The predicted molar refractivity (Wildman–Crippen MR) is 118 cm³/mol. The number of ether oxygens (including phenoxy) is 2. The molecule has 0 aromatic heterocycles. The van der Waals surface area contributed by atoms with Crippen molar-refractivity contribution in [1.29, 1.82) is 0 Å². The summed E-state index contributed by atoms with van der Waals surface area (Å²) in [6.07, 6.45) is 0.891. The summed E-state index contributed by atoms with van der Waals surface area (Å²) in [5.74, 6) is -0.957. The van der Waals surface area contributed by atoms with Gasteiger partial charge in [-0.2, -0.15) is 0 Å². The van der Waals surface area contributed by atoms with Gasteiger partial charge in [0.1, 0.15) is 5.75 Å². The molecule has 0 unspecified atom stereocenters. The van der Waals surface area contributed by atoms with E-state index in [2.05, 4.69) is 36.8 Å². The molecule has 0 aliphatic carbocycles. The number of rotatable bonds is 6. The van der Waals surface area contributed by atoms with Crippen LogP contribution in [0, 0.1) is 0 Å². The molecule has 2 aromatic carbocycles. The monoisotopic (exact) mass is 493 g/mol. The highest BCUT2D eigenvalue weighted by Crippen LogP contribution is 2.26. The van der Waals surface area contributed by atoms with Crippen molar-refractivity contribution >= 4 is 51.0 Å². The van der Waals surface area contributed by atoms with Crippen LogP contribution in [0.3, 0.4) is 0 Å². The van der Waals surface area contributed by atoms with Gasteiger partial charge in [0.15, 0.2) is 11.7 Å². The number of amides is 2. The minimum Gasteiger partial charge on any atom is -0.483 e. The quantitative estimate of drug-likeness (QED) is 0.322. The Morgan fingerprint density at radius 3 is 2.30 bits per heavy atom. The second kappa shape index (κ2) is 11.3. The first kappa shape index (κ1) is 23.3. The first-order valence-electron chi connectivity index (χ1n) is 8.83. The molecule has 2 aromatic rings. The Morgan fingerprint density at radius 2 is 1.70 bits per heavy atom. The zero-order valence-electron chi connectivity index (χ0n) is 16.3. The average Bonchev–Trinajstić information content (AvgIpc) is 2.76. The normalized spacial score (nSPS) is 9.97. The number of esters is 1. The molecule has 30 heavy (non-hydrogen) atoms. The molecule has 2 amide bonds. The Hall–Kier alpha value is -2.98. The maximum Gasteiger partial charge on any atom is 0.337 e. The van der Waals surface area contributed by atoms with Gasteiger partial charge < -0.3 is 9.47 Å². The lowest BCUT2D eigenvalue weighted by molar-refractivity contribution is -0.123. The molecule has 0 radical (unpaired) electrons. The third-order valence-corrected chi connectivity index (χ3v) is 4.70. The van der Waals surface area contributed by atoms with E-state index in [9.17, 15) is 14.4 Å². The van der Waals surface area contributed by atoms with Crippen molar-refractivity contribution < 1.29 is 23.9 Å². The minimum absolute atomic E-state index is 0.0983. The number of hydrogen-bond donors (Lipinski definition) is 3. The van der Waals surface area contributed by atoms with Crippen molar-refractivity contribution in [2.75, 3.05) is 13.7 Å². The highest BCUT2D eigenvalue weighted by molar-refractivity contribution is 9.10. The van der Waals surface area contributed by atoms with E-state index < -0.39 is 17.8 Å². The van der Waals surface area contributed by atoms with E-state index in [0.29, 0.717) is 11.3 Å². The fourth-order valence-corrected chi connectivity index (χ4v) is 2.95. The molecule has 0 bridgehead atoms. The summed E-state index contributed by atoms with van der Waals surface area (Å²) in [5.41, 5.74) is 6.50. The van der Waals surface area contributed by atoms with Crippen LogP contribution in [0.1, 0.15) is 33.2 Å². The molecule has 0 saturated heterocycles. The third kappa shape index (κ3) is 6.82. The van der Waals surface area contributed by atoms with E-state index in [1.54, 1.807) is 6.07 Å². The molecule has 2 rings (SSSR count). The molecule has 0 fully saturated rings. The molecule has 0 heterocycles. The third-order valence-electron chi connectivity index (χ3n) is 3.87. The van der Waals surface area contributed by atoms with Gasteiger partial charge in [0, 0.05) is 5.56 Å². The molecule has 3 N–H and O–H groups in total. The van der Waals surface area contributed by atoms with E-state index in [-0.39, 0.29) is 17.3 Å². The molecule has 0 aliphatic rings.